The molecule has 1 aromatic heterocycles. The molecule has 1 heterocycles. The summed E-state index contributed by atoms with van der Waals surface area (Å²) in [5.74, 6) is -0.252. The van der Waals surface area contributed by atoms with E-state index in [1.165, 1.54) is 22.0 Å². The van der Waals surface area contributed by atoms with Gasteiger partial charge >= 0.3 is 0 Å². The number of benzene rings is 1. The van der Waals surface area contributed by atoms with Gasteiger partial charge in [-0.3, -0.25) is 10.2 Å². The highest BCUT2D eigenvalue weighted by atomic mass is 35.5. The summed E-state index contributed by atoms with van der Waals surface area (Å²) >= 11 is 7.13. The lowest BCUT2D eigenvalue weighted by Crippen LogP contribution is -2.23. The first-order chi connectivity index (χ1) is 9.10. The van der Waals surface area contributed by atoms with Gasteiger partial charge in [-0.2, -0.15) is 5.26 Å². The summed E-state index contributed by atoms with van der Waals surface area (Å²) < 4.78 is 1.53. The fraction of sp³-hybridized carbons (Fsp3) is 0.0833. The SMILES string of the molecule is Cl.N#Cc1ccc(NC(=O)Cn2ccsc2=N)cc1Cl. The Hall–Kier alpha value is -1.81. The van der Waals surface area contributed by atoms with Gasteiger partial charge in [-0.05, 0) is 18.2 Å². The Bertz CT molecular complexity index is 717. The molecule has 0 fully saturated rings. The number of carbonyl (C=O) groups excluding carboxylic acids is 1. The molecule has 104 valence electrons. The van der Waals surface area contributed by atoms with E-state index in [1.54, 1.807) is 23.7 Å². The maximum absolute atomic E-state index is 11.8. The van der Waals surface area contributed by atoms with Gasteiger partial charge in [0.05, 0.1) is 10.6 Å². The summed E-state index contributed by atoms with van der Waals surface area (Å²) in [5.41, 5.74) is 0.886. The molecule has 1 amide bonds. The zero-order valence-electron chi connectivity index (χ0n) is 10.1. The van der Waals surface area contributed by atoms with Gasteiger partial charge in [-0.1, -0.05) is 11.6 Å². The molecular formula is C12H10Cl2N4OS. The predicted octanol–water partition coefficient (Wildman–Crippen LogP) is 2.61. The summed E-state index contributed by atoms with van der Waals surface area (Å²) in [6, 6.07) is 6.63. The average molecular weight is 329 g/mol. The minimum absolute atomic E-state index is 0. The number of thiazole rings is 1. The van der Waals surface area contributed by atoms with Crippen LogP contribution in [0, 0.1) is 16.7 Å². The van der Waals surface area contributed by atoms with E-state index in [-0.39, 0.29) is 24.9 Å². The topological polar surface area (TPSA) is 81.7 Å². The minimum Gasteiger partial charge on any atom is -0.324 e. The minimum atomic E-state index is -0.252. The lowest BCUT2D eigenvalue weighted by atomic mass is 10.2. The molecule has 8 heteroatoms. The van der Waals surface area contributed by atoms with Gasteiger partial charge in [0.1, 0.15) is 12.6 Å². The molecule has 0 saturated carbocycles. The maximum atomic E-state index is 11.8. The molecule has 1 aromatic carbocycles. The van der Waals surface area contributed by atoms with Crippen LogP contribution in [0.4, 0.5) is 5.69 Å². The van der Waals surface area contributed by atoms with Crippen molar-refractivity contribution in [3.63, 3.8) is 0 Å². The molecule has 5 nitrogen and oxygen atoms in total. The van der Waals surface area contributed by atoms with Crippen molar-refractivity contribution in [2.75, 3.05) is 5.32 Å². The van der Waals surface area contributed by atoms with Crippen LogP contribution in [0.2, 0.25) is 5.02 Å². The molecule has 0 spiro atoms. The van der Waals surface area contributed by atoms with Crippen molar-refractivity contribution in [2.24, 2.45) is 0 Å². The molecule has 0 aliphatic heterocycles. The van der Waals surface area contributed by atoms with Crippen LogP contribution in [-0.2, 0) is 11.3 Å². The second kappa shape index (κ2) is 7.10. The van der Waals surface area contributed by atoms with Crippen LogP contribution in [0.1, 0.15) is 5.56 Å². The Morgan fingerprint density at radius 2 is 2.30 bits per heavy atom. The largest absolute Gasteiger partial charge is 0.324 e. The zero-order valence-corrected chi connectivity index (χ0v) is 12.5. The first kappa shape index (κ1) is 16.2. The van der Waals surface area contributed by atoms with Crippen LogP contribution in [0.15, 0.2) is 29.8 Å². The molecule has 2 N–H and O–H groups in total. The summed E-state index contributed by atoms with van der Waals surface area (Å²) in [7, 11) is 0. The number of rotatable bonds is 3. The molecule has 0 aliphatic rings. The second-order valence-electron chi connectivity index (χ2n) is 3.69. The first-order valence-electron chi connectivity index (χ1n) is 5.28. The van der Waals surface area contributed by atoms with Crippen molar-refractivity contribution in [1.29, 1.82) is 10.7 Å². The number of nitrogens with zero attached hydrogens (tertiary/aromatic N) is 2. The molecule has 0 saturated heterocycles. The zero-order chi connectivity index (χ0) is 13.8. The normalized spacial score (nSPS) is 9.40. The van der Waals surface area contributed by atoms with Gasteiger partial charge in [-0.15, -0.1) is 23.7 Å². The number of nitriles is 1. The quantitative estimate of drug-likeness (QED) is 0.907. The molecule has 0 unspecified atom stereocenters. The smallest absolute Gasteiger partial charge is 0.244 e. The highest BCUT2D eigenvalue weighted by Gasteiger charge is 2.06. The van der Waals surface area contributed by atoms with E-state index in [9.17, 15) is 4.79 Å². The Morgan fingerprint density at radius 1 is 1.55 bits per heavy atom. The van der Waals surface area contributed by atoms with Gasteiger partial charge in [0.25, 0.3) is 0 Å². The average Bonchev–Trinajstić information content (AvgIpc) is 2.75. The van der Waals surface area contributed by atoms with E-state index in [0.717, 1.165) is 0 Å². The van der Waals surface area contributed by atoms with Crippen molar-refractivity contribution >= 4 is 46.9 Å². The predicted molar refractivity (Wildman–Crippen MR) is 80.2 cm³/mol. The van der Waals surface area contributed by atoms with Crippen molar-refractivity contribution < 1.29 is 4.79 Å². The lowest BCUT2D eigenvalue weighted by Gasteiger charge is -2.06. The monoisotopic (exact) mass is 328 g/mol. The van der Waals surface area contributed by atoms with Crippen molar-refractivity contribution in [1.82, 2.24) is 4.57 Å². The van der Waals surface area contributed by atoms with Gasteiger partial charge in [0, 0.05) is 17.3 Å². The molecule has 0 aliphatic carbocycles. The number of nitrogens with one attached hydrogen (secondary N) is 2. The van der Waals surface area contributed by atoms with Gasteiger partial charge in [-0.25, -0.2) is 0 Å². The Morgan fingerprint density at radius 3 is 2.85 bits per heavy atom. The Balaban J connectivity index is 0.00000200. The summed E-state index contributed by atoms with van der Waals surface area (Å²) in [5, 5.41) is 21.0. The summed E-state index contributed by atoms with van der Waals surface area (Å²) in [6.45, 7) is 0.0694. The molecule has 2 aromatic rings. The van der Waals surface area contributed by atoms with Crippen LogP contribution in [0.3, 0.4) is 0 Å². The molecular weight excluding hydrogens is 319 g/mol. The first-order valence-corrected chi connectivity index (χ1v) is 6.54. The van der Waals surface area contributed by atoms with Crippen LogP contribution in [0.25, 0.3) is 0 Å². The van der Waals surface area contributed by atoms with E-state index in [2.05, 4.69) is 5.32 Å². The van der Waals surface area contributed by atoms with E-state index < -0.39 is 0 Å². The van der Waals surface area contributed by atoms with Gasteiger partial charge in [0.15, 0.2) is 4.80 Å². The molecule has 0 bridgehead atoms. The number of hydrogen-bond acceptors (Lipinski definition) is 4. The van der Waals surface area contributed by atoms with Gasteiger partial charge in [0.2, 0.25) is 5.91 Å². The van der Waals surface area contributed by atoms with E-state index >= 15 is 0 Å². The highest BCUT2D eigenvalue weighted by Crippen LogP contribution is 2.20. The third-order valence-corrected chi connectivity index (χ3v) is 3.40. The number of carbonyl (C=O) groups is 1. The number of anilines is 1. The number of halogens is 2. The summed E-state index contributed by atoms with van der Waals surface area (Å²) in [4.78, 5) is 12.1. The summed E-state index contributed by atoms with van der Waals surface area (Å²) in [6.07, 6.45) is 1.68. The van der Waals surface area contributed by atoms with Crippen molar-refractivity contribution in [3.8, 4) is 6.07 Å². The van der Waals surface area contributed by atoms with E-state index in [4.69, 9.17) is 22.3 Å². The standard InChI is InChI=1S/C12H9ClN4OS.ClH/c13-10-5-9(2-1-8(10)6-14)16-11(18)7-17-3-4-19-12(17)15;/h1-5,15H,7H2,(H,16,18);1H. The Labute approximate surface area is 130 Å². The molecule has 0 atom stereocenters. The number of aromatic nitrogens is 1. The molecule has 0 radical (unpaired) electrons. The van der Waals surface area contributed by atoms with E-state index in [0.29, 0.717) is 21.1 Å². The maximum Gasteiger partial charge on any atom is 0.244 e. The molecule has 2 rings (SSSR count). The number of hydrogen-bond donors (Lipinski definition) is 2. The van der Waals surface area contributed by atoms with Crippen molar-refractivity contribution in [2.45, 2.75) is 6.54 Å². The third-order valence-electron chi connectivity index (χ3n) is 2.37. The fourth-order valence-corrected chi connectivity index (χ4v) is 2.29. The van der Waals surface area contributed by atoms with Crippen LogP contribution < -0.4 is 10.1 Å². The fourth-order valence-electron chi connectivity index (χ4n) is 1.47. The number of amides is 1. The van der Waals surface area contributed by atoms with Crippen LogP contribution >= 0.6 is 35.3 Å². The lowest BCUT2D eigenvalue weighted by molar-refractivity contribution is -0.116. The highest BCUT2D eigenvalue weighted by molar-refractivity contribution is 7.06. The van der Waals surface area contributed by atoms with Crippen molar-refractivity contribution in [3.05, 3.63) is 45.2 Å². The Kier molecular flexibility index (Phi) is 5.77. The van der Waals surface area contributed by atoms with E-state index in [1.807, 2.05) is 6.07 Å². The van der Waals surface area contributed by atoms with Crippen LogP contribution in [-0.4, -0.2) is 10.5 Å². The second-order valence-corrected chi connectivity index (χ2v) is 4.99. The molecule has 20 heavy (non-hydrogen) atoms. The van der Waals surface area contributed by atoms with Crippen LogP contribution in [0.5, 0.6) is 0 Å². The van der Waals surface area contributed by atoms with Gasteiger partial charge < -0.3 is 9.88 Å². The third kappa shape index (κ3) is 3.84.